The summed E-state index contributed by atoms with van der Waals surface area (Å²) in [5, 5.41) is 4.76. The van der Waals surface area contributed by atoms with E-state index in [1.807, 2.05) is 31.2 Å². The molecule has 0 fully saturated rings. The summed E-state index contributed by atoms with van der Waals surface area (Å²) >= 11 is 0. The van der Waals surface area contributed by atoms with Crippen molar-refractivity contribution in [2.45, 2.75) is 19.6 Å². The number of carbonyl (C=O) groups is 1. The van der Waals surface area contributed by atoms with E-state index >= 15 is 0 Å². The van der Waals surface area contributed by atoms with E-state index in [0.29, 0.717) is 13.2 Å². The van der Waals surface area contributed by atoms with Gasteiger partial charge in [0.05, 0.1) is 13.2 Å². The van der Waals surface area contributed by atoms with Crippen molar-refractivity contribution in [3.63, 3.8) is 0 Å². The highest BCUT2D eigenvalue weighted by atomic mass is 16.6. The maximum Gasteiger partial charge on any atom is 0.330 e. The van der Waals surface area contributed by atoms with Gasteiger partial charge in [-0.3, -0.25) is 0 Å². The monoisotopic (exact) mass is 320 g/mol. The highest BCUT2D eigenvalue weighted by Gasteiger charge is 2.10. The average molecular weight is 320 g/mol. The number of fused-ring (bicyclic) bond motifs is 2. The fourth-order valence-electron chi connectivity index (χ4n) is 2.87. The lowest BCUT2D eigenvalue weighted by atomic mass is 9.97. The Bertz CT molecular complexity index is 829. The van der Waals surface area contributed by atoms with Crippen molar-refractivity contribution in [1.82, 2.24) is 0 Å². The van der Waals surface area contributed by atoms with E-state index in [1.165, 1.54) is 21.5 Å². The van der Waals surface area contributed by atoms with E-state index in [1.54, 1.807) is 0 Å². The number of carbonyl (C=O) groups excluding carboxylic acids is 1. The molecule has 0 radical (unpaired) electrons. The third kappa shape index (κ3) is 3.47. The van der Waals surface area contributed by atoms with Crippen LogP contribution in [-0.2, 0) is 20.9 Å². The molecule has 0 saturated carbocycles. The summed E-state index contributed by atoms with van der Waals surface area (Å²) in [5.74, 6) is -0.429. The third-order valence-corrected chi connectivity index (χ3v) is 3.97. The zero-order chi connectivity index (χ0) is 16.9. The number of benzene rings is 3. The van der Waals surface area contributed by atoms with Gasteiger partial charge in [0.1, 0.15) is 6.10 Å². The van der Waals surface area contributed by atoms with E-state index in [4.69, 9.17) is 9.47 Å². The van der Waals surface area contributed by atoms with Gasteiger partial charge in [0, 0.05) is 6.08 Å². The summed E-state index contributed by atoms with van der Waals surface area (Å²) < 4.78 is 11.0. The van der Waals surface area contributed by atoms with Gasteiger partial charge < -0.3 is 9.47 Å². The first kappa shape index (κ1) is 16.2. The molecule has 1 unspecified atom stereocenters. The van der Waals surface area contributed by atoms with Gasteiger partial charge in [-0.2, -0.15) is 0 Å². The van der Waals surface area contributed by atoms with Crippen molar-refractivity contribution in [3.8, 4) is 0 Å². The molecule has 24 heavy (non-hydrogen) atoms. The Kier molecular flexibility index (Phi) is 4.92. The van der Waals surface area contributed by atoms with Crippen LogP contribution in [0.25, 0.3) is 21.5 Å². The second-order valence-corrected chi connectivity index (χ2v) is 5.76. The summed E-state index contributed by atoms with van der Waals surface area (Å²) in [6.45, 7) is 6.02. The number of rotatable bonds is 6. The molecule has 3 aromatic carbocycles. The first-order chi connectivity index (χ1) is 11.7. The predicted octanol–water partition coefficient (Wildman–Crippen LogP) is 4.63. The molecule has 0 heterocycles. The molecule has 0 bridgehead atoms. The van der Waals surface area contributed by atoms with Crippen molar-refractivity contribution in [2.24, 2.45) is 0 Å². The molecule has 3 nitrogen and oxygen atoms in total. The van der Waals surface area contributed by atoms with Gasteiger partial charge >= 0.3 is 5.97 Å². The molecule has 0 spiro atoms. The first-order valence-electron chi connectivity index (χ1n) is 7.99. The summed E-state index contributed by atoms with van der Waals surface area (Å²) in [5.41, 5.74) is 1.16. The van der Waals surface area contributed by atoms with Gasteiger partial charge in [0.25, 0.3) is 0 Å². The molecule has 0 amide bonds. The molecule has 1 atom stereocenters. The van der Waals surface area contributed by atoms with Crippen molar-refractivity contribution in [3.05, 3.63) is 72.8 Å². The van der Waals surface area contributed by atoms with E-state index in [-0.39, 0.29) is 6.10 Å². The van der Waals surface area contributed by atoms with Gasteiger partial charge in [-0.05, 0) is 40.1 Å². The van der Waals surface area contributed by atoms with Gasteiger partial charge in [0.2, 0.25) is 0 Å². The Balaban J connectivity index is 1.84. The summed E-state index contributed by atoms with van der Waals surface area (Å²) in [4.78, 5) is 11.2. The first-order valence-corrected chi connectivity index (χ1v) is 7.99. The largest absolute Gasteiger partial charge is 0.457 e. The Labute approximate surface area is 141 Å². The Morgan fingerprint density at radius 2 is 1.67 bits per heavy atom. The molecular weight excluding hydrogens is 300 g/mol. The second-order valence-electron chi connectivity index (χ2n) is 5.76. The van der Waals surface area contributed by atoms with Crippen LogP contribution in [0.1, 0.15) is 12.5 Å². The van der Waals surface area contributed by atoms with Crippen LogP contribution in [0.15, 0.2) is 67.3 Å². The van der Waals surface area contributed by atoms with Crippen LogP contribution in [0.4, 0.5) is 0 Å². The van der Waals surface area contributed by atoms with Gasteiger partial charge in [-0.15, -0.1) is 0 Å². The van der Waals surface area contributed by atoms with Crippen molar-refractivity contribution in [2.75, 3.05) is 6.61 Å². The molecule has 0 aromatic heterocycles. The Morgan fingerprint density at radius 3 is 2.25 bits per heavy atom. The van der Waals surface area contributed by atoms with Crippen molar-refractivity contribution >= 4 is 27.5 Å². The zero-order valence-corrected chi connectivity index (χ0v) is 13.7. The van der Waals surface area contributed by atoms with Crippen LogP contribution in [0.2, 0.25) is 0 Å². The average Bonchev–Trinajstić information content (AvgIpc) is 2.61. The quantitative estimate of drug-likeness (QED) is 0.377. The minimum absolute atomic E-state index is 0.309. The zero-order valence-electron chi connectivity index (χ0n) is 13.7. The number of hydrogen-bond acceptors (Lipinski definition) is 3. The molecule has 0 saturated heterocycles. The molecule has 3 heteroatoms. The second kappa shape index (κ2) is 7.28. The summed E-state index contributed by atoms with van der Waals surface area (Å²) in [7, 11) is 0. The highest BCUT2D eigenvalue weighted by Crippen LogP contribution is 2.29. The molecule has 0 aliphatic heterocycles. The SMILES string of the molecule is C=CC(=O)OC(C)COCc1c2ccccc2cc2ccccc12. The van der Waals surface area contributed by atoms with Crippen LogP contribution in [0.3, 0.4) is 0 Å². The lowest BCUT2D eigenvalue weighted by molar-refractivity contribution is -0.145. The molecule has 0 N–H and O–H groups in total. The van der Waals surface area contributed by atoms with Gasteiger partial charge in [0.15, 0.2) is 0 Å². The van der Waals surface area contributed by atoms with Gasteiger partial charge in [-0.25, -0.2) is 4.79 Å². The maximum absolute atomic E-state index is 11.2. The van der Waals surface area contributed by atoms with Crippen LogP contribution in [0.5, 0.6) is 0 Å². The highest BCUT2D eigenvalue weighted by molar-refractivity contribution is 6.02. The van der Waals surface area contributed by atoms with Crippen LogP contribution in [-0.4, -0.2) is 18.7 Å². The Morgan fingerprint density at radius 1 is 1.08 bits per heavy atom. The molecule has 3 aromatic rings. The lowest BCUT2D eigenvalue weighted by Crippen LogP contribution is -2.19. The minimum Gasteiger partial charge on any atom is -0.457 e. The summed E-state index contributed by atoms with van der Waals surface area (Å²) in [6.07, 6.45) is 0.853. The fourth-order valence-corrected chi connectivity index (χ4v) is 2.87. The third-order valence-electron chi connectivity index (χ3n) is 3.97. The Hall–Kier alpha value is -2.65. The van der Waals surface area contributed by atoms with E-state index in [9.17, 15) is 4.79 Å². The molecular formula is C21H20O3. The summed E-state index contributed by atoms with van der Waals surface area (Å²) in [6, 6.07) is 18.8. The normalized spacial score (nSPS) is 12.2. The predicted molar refractivity (Wildman–Crippen MR) is 96.9 cm³/mol. The standard InChI is InChI=1S/C21H20O3/c1-3-21(22)24-15(2)13-23-14-20-18-10-6-4-8-16(18)12-17-9-5-7-11-19(17)20/h3-12,15H,1,13-14H2,2H3. The molecule has 122 valence electrons. The molecule has 0 aliphatic carbocycles. The van der Waals surface area contributed by atoms with Crippen molar-refractivity contribution in [1.29, 1.82) is 0 Å². The van der Waals surface area contributed by atoms with E-state index in [0.717, 1.165) is 11.6 Å². The minimum atomic E-state index is -0.429. The van der Waals surface area contributed by atoms with E-state index < -0.39 is 5.97 Å². The topological polar surface area (TPSA) is 35.5 Å². The maximum atomic E-state index is 11.2. The van der Waals surface area contributed by atoms with E-state index in [2.05, 4.69) is 36.9 Å². The fraction of sp³-hybridized carbons (Fsp3) is 0.190. The molecule has 0 aliphatic rings. The smallest absolute Gasteiger partial charge is 0.330 e. The lowest BCUT2D eigenvalue weighted by Gasteiger charge is -2.15. The van der Waals surface area contributed by atoms with Crippen LogP contribution >= 0.6 is 0 Å². The van der Waals surface area contributed by atoms with Crippen molar-refractivity contribution < 1.29 is 14.3 Å². The number of hydrogen-bond donors (Lipinski definition) is 0. The van der Waals surface area contributed by atoms with Gasteiger partial charge in [-0.1, -0.05) is 55.1 Å². The number of ether oxygens (including phenoxy) is 2. The van der Waals surface area contributed by atoms with Crippen LogP contribution in [0, 0.1) is 0 Å². The number of esters is 1. The van der Waals surface area contributed by atoms with Crippen LogP contribution < -0.4 is 0 Å². The molecule has 3 rings (SSSR count).